The Balaban J connectivity index is 1.93. The molecule has 0 aliphatic carbocycles. The summed E-state index contributed by atoms with van der Waals surface area (Å²) >= 11 is 0. The number of nitrogen functional groups attached to an aromatic ring is 1. The first-order chi connectivity index (χ1) is 11.2. The molecule has 0 unspecified atom stereocenters. The molecule has 0 saturated carbocycles. The highest BCUT2D eigenvalue weighted by Crippen LogP contribution is 2.16. The van der Waals surface area contributed by atoms with Crippen LogP contribution in [0, 0.1) is 0 Å². The van der Waals surface area contributed by atoms with Crippen LogP contribution >= 0.6 is 0 Å². The smallest absolute Gasteiger partial charge is 0.254 e. The zero-order chi connectivity index (χ0) is 16.1. The molecule has 3 rings (SSSR count). The topological polar surface area (TPSA) is 75.0 Å². The van der Waals surface area contributed by atoms with Gasteiger partial charge in [-0.2, -0.15) is 4.98 Å². The van der Waals surface area contributed by atoms with Crippen LogP contribution in [-0.4, -0.2) is 9.97 Å². The largest absolute Gasteiger partial charge is 0.383 e. The normalized spacial score (nSPS) is 10.4. The van der Waals surface area contributed by atoms with E-state index in [1.807, 2.05) is 65.6 Å². The highest BCUT2D eigenvalue weighted by molar-refractivity contribution is 5.39. The maximum absolute atomic E-state index is 11.7. The van der Waals surface area contributed by atoms with Crippen molar-refractivity contribution in [3.8, 4) is 0 Å². The molecule has 3 aromatic rings. The van der Waals surface area contributed by atoms with Gasteiger partial charge >= 0.3 is 0 Å². The number of nitrogens with zero attached hydrogens (tertiary/aromatic N) is 2. The molecule has 0 aliphatic heterocycles. The second-order valence-electron chi connectivity index (χ2n) is 5.32. The van der Waals surface area contributed by atoms with Crippen molar-refractivity contribution < 1.29 is 0 Å². The molecule has 0 radical (unpaired) electrons. The van der Waals surface area contributed by atoms with E-state index in [2.05, 4.69) is 9.97 Å². The van der Waals surface area contributed by atoms with Gasteiger partial charge in [0, 0.05) is 19.2 Å². The molecule has 0 aliphatic rings. The predicted octanol–water partition coefficient (Wildman–Crippen LogP) is 2.56. The molecule has 5 heteroatoms. The number of hydrogen-bond acceptors (Lipinski definition) is 4. The standard InChI is InChI=1S/C18H18N4O/c19-16-11-17(23)21-18(20-16)22(12-14-7-3-1-4-8-14)13-15-9-5-2-6-10-15/h1-11H,12-13H2,(H3,19,20,21,23). The first-order valence-corrected chi connectivity index (χ1v) is 7.40. The van der Waals surface area contributed by atoms with Crippen molar-refractivity contribution in [3.05, 3.63) is 88.2 Å². The minimum atomic E-state index is -0.251. The molecule has 23 heavy (non-hydrogen) atoms. The number of nitrogens with two attached hydrogens (primary N) is 1. The Kier molecular flexibility index (Phi) is 4.38. The lowest BCUT2D eigenvalue weighted by Gasteiger charge is -2.23. The van der Waals surface area contributed by atoms with Gasteiger partial charge in [0.15, 0.2) is 0 Å². The van der Waals surface area contributed by atoms with Gasteiger partial charge in [0.1, 0.15) is 5.82 Å². The molecule has 0 atom stereocenters. The van der Waals surface area contributed by atoms with E-state index < -0.39 is 0 Å². The van der Waals surface area contributed by atoms with E-state index in [-0.39, 0.29) is 11.4 Å². The second-order valence-corrected chi connectivity index (χ2v) is 5.32. The van der Waals surface area contributed by atoms with Crippen molar-refractivity contribution in [1.82, 2.24) is 9.97 Å². The van der Waals surface area contributed by atoms with Crippen LogP contribution in [0.25, 0.3) is 0 Å². The van der Waals surface area contributed by atoms with Crippen molar-refractivity contribution in [1.29, 1.82) is 0 Å². The van der Waals surface area contributed by atoms with Crippen LogP contribution in [0.4, 0.5) is 11.8 Å². The van der Waals surface area contributed by atoms with Gasteiger partial charge in [0.05, 0.1) is 0 Å². The van der Waals surface area contributed by atoms with E-state index >= 15 is 0 Å². The number of anilines is 2. The molecular weight excluding hydrogens is 288 g/mol. The molecule has 0 bridgehead atoms. The Morgan fingerprint density at radius 1 is 0.913 bits per heavy atom. The summed E-state index contributed by atoms with van der Waals surface area (Å²) in [6, 6.07) is 21.4. The molecular formula is C18H18N4O. The fourth-order valence-electron chi connectivity index (χ4n) is 2.43. The molecule has 116 valence electrons. The highest BCUT2D eigenvalue weighted by Gasteiger charge is 2.11. The number of aromatic amines is 1. The van der Waals surface area contributed by atoms with Gasteiger partial charge in [-0.1, -0.05) is 60.7 Å². The fraction of sp³-hybridized carbons (Fsp3) is 0.111. The number of aromatic nitrogens is 2. The number of hydrogen-bond donors (Lipinski definition) is 2. The third-order valence-corrected chi connectivity index (χ3v) is 3.48. The molecule has 0 spiro atoms. The Morgan fingerprint density at radius 2 is 1.43 bits per heavy atom. The summed E-state index contributed by atoms with van der Waals surface area (Å²) in [5, 5.41) is 0. The summed E-state index contributed by atoms with van der Waals surface area (Å²) in [5.74, 6) is 0.692. The zero-order valence-electron chi connectivity index (χ0n) is 12.6. The van der Waals surface area contributed by atoms with Crippen molar-refractivity contribution in [2.75, 3.05) is 10.6 Å². The molecule has 1 heterocycles. The van der Waals surface area contributed by atoms with E-state index in [0.29, 0.717) is 19.0 Å². The maximum Gasteiger partial charge on any atom is 0.254 e. The molecule has 0 amide bonds. The number of rotatable bonds is 5. The Hall–Kier alpha value is -3.08. The van der Waals surface area contributed by atoms with Crippen LogP contribution in [0.2, 0.25) is 0 Å². The van der Waals surface area contributed by atoms with Gasteiger partial charge < -0.3 is 10.6 Å². The first-order valence-electron chi connectivity index (χ1n) is 7.40. The fourth-order valence-corrected chi connectivity index (χ4v) is 2.43. The van der Waals surface area contributed by atoms with Gasteiger partial charge in [-0.25, -0.2) is 0 Å². The maximum atomic E-state index is 11.7. The van der Waals surface area contributed by atoms with E-state index in [1.165, 1.54) is 6.07 Å². The van der Waals surface area contributed by atoms with Crippen LogP contribution in [-0.2, 0) is 13.1 Å². The Labute approximate surface area is 134 Å². The molecule has 2 aromatic carbocycles. The average molecular weight is 306 g/mol. The lowest BCUT2D eigenvalue weighted by Crippen LogP contribution is -2.27. The molecule has 1 aromatic heterocycles. The Bertz CT molecular complexity index is 774. The van der Waals surface area contributed by atoms with Gasteiger partial charge in [-0.05, 0) is 11.1 Å². The minimum Gasteiger partial charge on any atom is -0.383 e. The minimum absolute atomic E-state index is 0.217. The number of benzene rings is 2. The van der Waals surface area contributed by atoms with Crippen LogP contribution in [0.1, 0.15) is 11.1 Å². The lowest BCUT2D eigenvalue weighted by atomic mass is 10.2. The highest BCUT2D eigenvalue weighted by atomic mass is 16.1. The van der Waals surface area contributed by atoms with Crippen LogP contribution in [0.15, 0.2) is 71.5 Å². The summed E-state index contributed by atoms with van der Waals surface area (Å²) in [7, 11) is 0. The van der Waals surface area contributed by atoms with Crippen LogP contribution in [0.3, 0.4) is 0 Å². The van der Waals surface area contributed by atoms with E-state index in [1.54, 1.807) is 0 Å². The quantitative estimate of drug-likeness (QED) is 0.759. The molecule has 0 fully saturated rings. The van der Waals surface area contributed by atoms with Crippen molar-refractivity contribution in [2.24, 2.45) is 0 Å². The average Bonchev–Trinajstić information content (AvgIpc) is 2.55. The van der Waals surface area contributed by atoms with Gasteiger partial charge in [-0.3, -0.25) is 9.78 Å². The number of H-pyrrole nitrogens is 1. The van der Waals surface area contributed by atoms with Crippen LogP contribution < -0.4 is 16.2 Å². The summed E-state index contributed by atoms with van der Waals surface area (Å²) in [5.41, 5.74) is 7.74. The van der Waals surface area contributed by atoms with Crippen molar-refractivity contribution in [2.45, 2.75) is 13.1 Å². The predicted molar refractivity (Wildman–Crippen MR) is 92.0 cm³/mol. The Morgan fingerprint density at radius 3 is 1.91 bits per heavy atom. The summed E-state index contributed by atoms with van der Waals surface area (Å²) in [6.07, 6.45) is 0. The summed E-state index contributed by atoms with van der Waals surface area (Å²) < 4.78 is 0. The third-order valence-electron chi connectivity index (χ3n) is 3.48. The van der Waals surface area contributed by atoms with Gasteiger partial charge in [-0.15, -0.1) is 0 Å². The van der Waals surface area contributed by atoms with Crippen molar-refractivity contribution in [3.63, 3.8) is 0 Å². The molecule has 3 N–H and O–H groups in total. The molecule has 0 saturated heterocycles. The SMILES string of the molecule is Nc1cc(=O)[nH]c(N(Cc2ccccc2)Cc2ccccc2)n1. The first kappa shape index (κ1) is 14.8. The van der Waals surface area contributed by atoms with Gasteiger partial charge in [0.2, 0.25) is 5.95 Å². The lowest BCUT2D eigenvalue weighted by molar-refractivity contribution is 0.761. The molecule has 5 nitrogen and oxygen atoms in total. The zero-order valence-corrected chi connectivity index (χ0v) is 12.6. The second kappa shape index (κ2) is 6.79. The van der Waals surface area contributed by atoms with E-state index in [0.717, 1.165) is 11.1 Å². The van der Waals surface area contributed by atoms with Crippen LogP contribution in [0.5, 0.6) is 0 Å². The van der Waals surface area contributed by atoms with E-state index in [9.17, 15) is 4.79 Å². The van der Waals surface area contributed by atoms with E-state index in [4.69, 9.17) is 5.73 Å². The monoisotopic (exact) mass is 306 g/mol. The van der Waals surface area contributed by atoms with Crippen molar-refractivity contribution >= 4 is 11.8 Å². The summed E-state index contributed by atoms with van der Waals surface area (Å²) in [4.78, 5) is 20.8. The number of nitrogens with one attached hydrogen (secondary N) is 1. The third kappa shape index (κ3) is 3.97. The summed E-state index contributed by atoms with van der Waals surface area (Å²) in [6.45, 7) is 1.25. The van der Waals surface area contributed by atoms with Gasteiger partial charge in [0.25, 0.3) is 5.56 Å².